The van der Waals surface area contributed by atoms with E-state index < -0.39 is 0 Å². The van der Waals surface area contributed by atoms with Crippen LogP contribution in [0, 0.1) is 0 Å². The standard InChI is InChI=1S/C22H24NO/c1-2-18-11-13-19(14-12-18)17-24-23-16-20-7-6-10-22(15-20)21-8-4-3-5-9-21/h2,6-7,10-15,21H,1,3-5,8-9,17H2. The first-order chi connectivity index (χ1) is 11.8. The second-order valence-corrected chi connectivity index (χ2v) is 6.38. The molecule has 0 atom stereocenters. The van der Waals surface area contributed by atoms with Gasteiger partial charge < -0.3 is 4.84 Å². The van der Waals surface area contributed by atoms with Gasteiger partial charge in [-0.15, -0.1) is 0 Å². The Hall–Kier alpha value is -2.35. The van der Waals surface area contributed by atoms with E-state index in [1.165, 1.54) is 37.7 Å². The number of hydrogen-bond donors (Lipinski definition) is 0. The van der Waals surface area contributed by atoms with Gasteiger partial charge in [0.25, 0.3) is 0 Å². The van der Waals surface area contributed by atoms with Gasteiger partial charge in [-0.2, -0.15) is 0 Å². The molecule has 0 spiro atoms. The maximum Gasteiger partial charge on any atom is 0.142 e. The van der Waals surface area contributed by atoms with Crippen LogP contribution >= 0.6 is 0 Å². The molecular formula is C22H24NO. The van der Waals surface area contributed by atoms with Crippen molar-refractivity contribution in [2.75, 3.05) is 0 Å². The van der Waals surface area contributed by atoms with E-state index >= 15 is 0 Å². The van der Waals surface area contributed by atoms with Crippen LogP contribution in [0.4, 0.5) is 0 Å². The molecule has 2 aromatic carbocycles. The highest BCUT2D eigenvalue weighted by Gasteiger charge is 2.15. The Bertz CT molecular complexity index is 681. The van der Waals surface area contributed by atoms with Crippen LogP contribution < -0.4 is 0 Å². The van der Waals surface area contributed by atoms with Crippen LogP contribution in [0.25, 0.3) is 6.08 Å². The average Bonchev–Trinajstić information content (AvgIpc) is 2.67. The molecule has 0 aliphatic heterocycles. The number of nitrogens with zero attached hydrogens (tertiary/aromatic N) is 1. The monoisotopic (exact) mass is 318 g/mol. The number of hydrogen-bond acceptors (Lipinski definition) is 2. The second kappa shape index (κ2) is 8.49. The van der Waals surface area contributed by atoms with Crippen molar-refractivity contribution in [2.45, 2.75) is 44.6 Å². The quantitative estimate of drug-likeness (QED) is 0.487. The highest BCUT2D eigenvalue weighted by atomic mass is 16.6. The van der Waals surface area contributed by atoms with Crippen molar-refractivity contribution in [3.63, 3.8) is 0 Å². The fourth-order valence-electron chi connectivity index (χ4n) is 3.24. The molecular weight excluding hydrogens is 294 g/mol. The van der Waals surface area contributed by atoms with E-state index in [4.69, 9.17) is 4.84 Å². The molecule has 0 bridgehead atoms. The number of benzene rings is 2. The van der Waals surface area contributed by atoms with E-state index in [0.29, 0.717) is 12.5 Å². The maximum atomic E-state index is 5.37. The first-order valence-electron chi connectivity index (χ1n) is 8.74. The summed E-state index contributed by atoms with van der Waals surface area (Å²) in [6.45, 7) is 4.20. The maximum absolute atomic E-state index is 5.37. The molecule has 24 heavy (non-hydrogen) atoms. The minimum atomic E-state index is 0.451. The van der Waals surface area contributed by atoms with E-state index in [0.717, 1.165) is 16.7 Å². The van der Waals surface area contributed by atoms with Crippen LogP contribution in [-0.2, 0) is 11.4 Å². The van der Waals surface area contributed by atoms with Gasteiger partial charge in [0.05, 0.1) is 0 Å². The summed E-state index contributed by atoms with van der Waals surface area (Å²) in [7, 11) is 0. The third-order valence-electron chi connectivity index (χ3n) is 4.65. The molecule has 0 amide bonds. The van der Waals surface area contributed by atoms with Crippen molar-refractivity contribution in [1.82, 2.24) is 0 Å². The van der Waals surface area contributed by atoms with Crippen molar-refractivity contribution in [1.29, 1.82) is 0 Å². The molecule has 1 fully saturated rings. The van der Waals surface area contributed by atoms with E-state index in [2.05, 4.69) is 36.1 Å². The summed E-state index contributed by atoms with van der Waals surface area (Å²) < 4.78 is 0. The third-order valence-corrected chi connectivity index (χ3v) is 4.65. The zero-order valence-electron chi connectivity index (χ0n) is 14.1. The Morgan fingerprint density at radius 3 is 2.62 bits per heavy atom. The van der Waals surface area contributed by atoms with Crippen molar-refractivity contribution in [2.24, 2.45) is 5.16 Å². The van der Waals surface area contributed by atoms with Gasteiger partial charge in [-0.25, -0.2) is 0 Å². The smallest absolute Gasteiger partial charge is 0.142 e. The van der Waals surface area contributed by atoms with Crippen molar-refractivity contribution in [3.05, 3.63) is 77.4 Å². The SMILES string of the molecule is C=Cc1ccc(CO/N=[C]\c2cccc(C3CCCCC3)c2)cc1. The van der Waals surface area contributed by atoms with Crippen LogP contribution in [-0.4, -0.2) is 6.21 Å². The molecule has 3 rings (SSSR count). The van der Waals surface area contributed by atoms with E-state index in [1.807, 2.05) is 36.4 Å². The van der Waals surface area contributed by atoms with Gasteiger partial charge in [-0.05, 0) is 41.5 Å². The molecule has 123 valence electrons. The predicted octanol–water partition coefficient (Wildman–Crippen LogP) is 5.81. The average molecular weight is 318 g/mol. The summed E-state index contributed by atoms with van der Waals surface area (Å²) in [5, 5.41) is 4.00. The molecule has 2 heteroatoms. The molecule has 1 aliphatic rings. The summed E-state index contributed by atoms with van der Waals surface area (Å²) in [5.74, 6) is 0.699. The summed E-state index contributed by atoms with van der Waals surface area (Å²) in [4.78, 5) is 5.37. The predicted molar refractivity (Wildman–Crippen MR) is 100 cm³/mol. The highest BCUT2D eigenvalue weighted by Crippen LogP contribution is 2.32. The molecule has 0 unspecified atom stereocenters. The summed E-state index contributed by atoms with van der Waals surface area (Å²) >= 11 is 0. The summed E-state index contributed by atoms with van der Waals surface area (Å²) in [6, 6.07) is 16.6. The molecule has 0 heterocycles. The third kappa shape index (κ3) is 4.58. The molecule has 2 aromatic rings. The lowest BCUT2D eigenvalue weighted by molar-refractivity contribution is 0.132. The van der Waals surface area contributed by atoms with Gasteiger partial charge in [0, 0.05) is 5.56 Å². The van der Waals surface area contributed by atoms with Crippen LogP contribution in [0.3, 0.4) is 0 Å². The van der Waals surface area contributed by atoms with Gasteiger partial charge in [0.15, 0.2) is 0 Å². The lowest BCUT2D eigenvalue weighted by Gasteiger charge is -2.22. The fourth-order valence-corrected chi connectivity index (χ4v) is 3.24. The Balaban J connectivity index is 1.54. The Labute approximate surface area is 144 Å². The van der Waals surface area contributed by atoms with Crippen molar-refractivity contribution in [3.8, 4) is 0 Å². The van der Waals surface area contributed by atoms with Gasteiger partial charge in [-0.3, -0.25) is 0 Å². The Kier molecular flexibility index (Phi) is 5.84. The summed E-state index contributed by atoms with van der Waals surface area (Å²) in [5.41, 5.74) is 4.59. The first-order valence-corrected chi connectivity index (χ1v) is 8.74. The van der Waals surface area contributed by atoms with Crippen molar-refractivity contribution >= 4 is 12.3 Å². The largest absolute Gasteiger partial charge is 0.390 e. The molecule has 0 N–H and O–H groups in total. The van der Waals surface area contributed by atoms with Crippen molar-refractivity contribution < 1.29 is 4.84 Å². The van der Waals surface area contributed by atoms with Crippen LogP contribution in [0.2, 0.25) is 0 Å². The molecule has 1 aliphatic carbocycles. The van der Waals surface area contributed by atoms with Crippen LogP contribution in [0.5, 0.6) is 0 Å². The molecule has 0 aromatic heterocycles. The first kappa shape index (κ1) is 16.5. The highest BCUT2D eigenvalue weighted by molar-refractivity contribution is 5.79. The van der Waals surface area contributed by atoms with Gasteiger partial charge in [0.1, 0.15) is 12.8 Å². The van der Waals surface area contributed by atoms with E-state index in [9.17, 15) is 0 Å². The lowest BCUT2D eigenvalue weighted by atomic mass is 9.84. The van der Waals surface area contributed by atoms with Crippen LogP contribution in [0.15, 0.2) is 60.3 Å². The van der Waals surface area contributed by atoms with Crippen LogP contribution in [0.1, 0.15) is 60.3 Å². The minimum Gasteiger partial charge on any atom is -0.390 e. The zero-order chi connectivity index (χ0) is 16.6. The fraction of sp³-hybridized carbons (Fsp3) is 0.318. The number of rotatable bonds is 6. The molecule has 1 radical (unpaired) electrons. The van der Waals surface area contributed by atoms with Gasteiger partial charge >= 0.3 is 0 Å². The topological polar surface area (TPSA) is 21.6 Å². The second-order valence-electron chi connectivity index (χ2n) is 6.38. The normalized spacial score (nSPS) is 15.5. The molecule has 1 saturated carbocycles. The Morgan fingerprint density at radius 1 is 1.08 bits per heavy atom. The van der Waals surface area contributed by atoms with Gasteiger partial charge in [-0.1, -0.05) is 79.5 Å². The Morgan fingerprint density at radius 2 is 1.88 bits per heavy atom. The van der Waals surface area contributed by atoms with E-state index in [-0.39, 0.29) is 0 Å². The van der Waals surface area contributed by atoms with Gasteiger partial charge in [0.2, 0.25) is 0 Å². The lowest BCUT2D eigenvalue weighted by Crippen LogP contribution is -2.04. The minimum absolute atomic E-state index is 0.451. The molecule has 2 nitrogen and oxygen atoms in total. The van der Waals surface area contributed by atoms with E-state index in [1.54, 1.807) is 0 Å². The molecule has 0 saturated heterocycles. The zero-order valence-corrected chi connectivity index (χ0v) is 14.1. The summed E-state index contributed by atoms with van der Waals surface area (Å²) in [6.07, 6.45) is 11.5.